The average Bonchev–Trinajstić information content (AvgIpc) is 3.85. The fourth-order valence-corrected chi connectivity index (χ4v) is 8.83. The fourth-order valence-electron chi connectivity index (χ4n) is 8.83. The maximum atomic E-state index is 5.35. The molecule has 12 rings (SSSR count). The van der Waals surface area contributed by atoms with Gasteiger partial charge < -0.3 is 4.40 Å². The molecule has 0 aliphatic carbocycles. The normalized spacial score (nSPS) is 11.8. The van der Waals surface area contributed by atoms with Gasteiger partial charge in [-0.3, -0.25) is 4.57 Å². The first-order chi connectivity index (χ1) is 28.7. The van der Waals surface area contributed by atoms with Crippen molar-refractivity contribution in [2.75, 3.05) is 0 Å². The monoisotopic (exact) mass is 739 g/mol. The molecule has 0 radical (unpaired) electrons. The molecule has 12 aromatic rings. The molecule has 0 bridgehead atoms. The third kappa shape index (κ3) is 5.07. The second-order valence-electron chi connectivity index (χ2n) is 14.9. The summed E-state index contributed by atoms with van der Waals surface area (Å²) in [7, 11) is 0. The minimum atomic E-state index is 0.565. The van der Waals surface area contributed by atoms with Crippen LogP contribution in [-0.4, -0.2) is 23.9 Å². The topological polar surface area (TPSA) is 48.0 Å². The molecule has 0 atom stereocenters. The maximum absolute atomic E-state index is 5.35. The van der Waals surface area contributed by atoms with E-state index < -0.39 is 0 Å². The van der Waals surface area contributed by atoms with Crippen molar-refractivity contribution >= 4 is 59.9 Å². The van der Waals surface area contributed by atoms with Crippen LogP contribution in [0.2, 0.25) is 0 Å². The molecule has 8 aromatic carbocycles. The smallest absolute Gasteiger partial charge is 0.238 e. The molecule has 0 N–H and O–H groups in total. The zero-order chi connectivity index (χ0) is 38.2. The molecular weight excluding hydrogens is 707 g/mol. The Kier molecular flexibility index (Phi) is 7.16. The van der Waals surface area contributed by atoms with Crippen LogP contribution < -0.4 is 0 Å². The minimum Gasteiger partial charge on any atom is -0.309 e. The van der Waals surface area contributed by atoms with Gasteiger partial charge in [0.05, 0.1) is 27.6 Å². The Morgan fingerprint density at radius 1 is 0.276 bits per heavy atom. The molecule has 0 unspecified atom stereocenters. The van der Waals surface area contributed by atoms with Crippen molar-refractivity contribution in [2.24, 2.45) is 0 Å². The Morgan fingerprint density at radius 3 is 1.41 bits per heavy atom. The summed E-state index contributed by atoms with van der Waals surface area (Å²) in [5.74, 6) is 1.79. The van der Waals surface area contributed by atoms with Crippen LogP contribution in [0.25, 0.3) is 111 Å². The SMILES string of the molecule is c1ccc(-c2cccc(-c3nc(-c4cccc(-c5ccccc5)c4)nc(-n4c5ccccc5c5cc6c7ccccc7c7cc8ccccc8n7c6cc54)n3)c2)cc1. The predicted octanol–water partition coefficient (Wildman–Crippen LogP) is 13.3. The Morgan fingerprint density at radius 2 is 0.759 bits per heavy atom. The summed E-state index contributed by atoms with van der Waals surface area (Å²) in [6, 6.07) is 70.9. The predicted molar refractivity (Wildman–Crippen MR) is 239 cm³/mol. The molecule has 0 aliphatic heterocycles. The van der Waals surface area contributed by atoms with Gasteiger partial charge in [-0.2, -0.15) is 9.97 Å². The highest BCUT2D eigenvalue weighted by Gasteiger charge is 2.21. The van der Waals surface area contributed by atoms with E-state index in [9.17, 15) is 0 Å². The van der Waals surface area contributed by atoms with Crippen LogP contribution in [0.3, 0.4) is 0 Å². The van der Waals surface area contributed by atoms with Crippen LogP contribution in [-0.2, 0) is 0 Å². The summed E-state index contributed by atoms with van der Waals surface area (Å²) in [6.07, 6.45) is 0. The molecule has 0 saturated heterocycles. The van der Waals surface area contributed by atoms with Gasteiger partial charge in [0.15, 0.2) is 11.6 Å². The van der Waals surface area contributed by atoms with Crippen LogP contribution >= 0.6 is 0 Å². The zero-order valence-electron chi connectivity index (χ0n) is 31.3. The molecule has 0 aliphatic rings. The highest BCUT2D eigenvalue weighted by molar-refractivity contribution is 6.21. The number of nitrogens with zero attached hydrogens (tertiary/aromatic N) is 5. The number of hydrogen-bond acceptors (Lipinski definition) is 3. The lowest BCUT2D eigenvalue weighted by atomic mass is 10.0. The van der Waals surface area contributed by atoms with E-state index in [-0.39, 0.29) is 0 Å². The Balaban J connectivity index is 1.17. The van der Waals surface area contributed by atoms with Gasteiger partial charge in [-0.05, 0) is 70.1 Å². The van der Waals surface area contributed by atoms with E-state index in [1.807, 2.05) is 12.1 Å². The molecule has 270 valence electrons. The second kappa shape index (κ2) is 12.8. The van der Waals surface area contributed by atoms with Gasteiger partial charge in [0.25, 0.3) is 0 Å². The summed E-state index contributed by atoms with van der Waals surface area (Å²) in [6.45, 7) is 0. The van der Waals surface area contributed by atoms with Crippen molar-refractivity contribution in [3.63, 3.8) is 0 Å². The van der Waals surface area contributed by atoms with Crippen LogP contribution in [0.1, 0.15) is 0 Å². The molecular formula is C53H33N5. The van der Waals surface area contributed by atoms with E-state index in [0.717, 1.165) is 60.7 Å². The summed E-state index contributed by atoms with van der Waals surface area (Å²) >= 11 is 0. The van der Waals surface area contributed by atoms with E-state index >= 15 is 0 Å². The lowest BCUT2D eigenvalue weighted by Crippen LogP contribution is -2.06. The summed E-state index contributed by atoms with van der Waals surface area (Å²) in [5, 5.41) is 7.16. The van der Waals surface area contributed by atoms with Gasteiger partial charge >= 0.3 is 0 Å². The molecule has 5 heteroatoms. The number of rotatable bonds is 5. The van der Waals surface area contributed by atoms with E-state index in [4.69, 9.17) is 15.0 Å². The van der Waals surface area contributed by atoms with E-state index in [0.29, 0.717) is 17.6 Å². The number of aromatic nitrogens is 5. The molecule has 58 heavy (non-hydrogen) atoms. The zero-order valence-corrected chi connectivity index (χ0v) is 31.3. The van der Waals surface area contributed by atoms with Crippen molar-refractivity contribution < 1.29 is 0 Å². The molecule has 0 amide bonds. The minimum absolute atomic E-state index is 0.565. The van der Waals surface area contributed by atoms with Gasteiger partial charge in [-0.1, -0.05) is 158 Å². The quantitative estimate of drug-likeness (QED) is 0.165. The summed E-state index contributed by atoms with van der Waals surface area (Å²) < 4.78 is 4.65. The Hall–Kier alpha value is -7.89. The van der Waals surface area contributed by atoms with E-state index in [2.05, 4.69) is 197 Å². The molecule has 4 aromatic heterocycles. The third-order valence-electron chi connectivity index (χ3n) is 11.5. The number of hydrogen-bond donors (Lipinski definition) is 0. The Bertz CT molecular complexity index is 3460. The highest BCUT2D eigenvalue weighted by Crippen LogP contribution is 2.40. The van der Waals surface area contributed by atoms with Crippen LogP contribution in [0.15, 0.2) is 200 Å². The number of pyridine rings is 1. The summed E-state index contributed by atoms with van der Waals surface area (Å²) in [4.78, 5) is 15.9. The standard InChI is InChI=1S/C53H33N5/c1-3-15-34(16-4-1)36-20-13-22-39(29-36)51-54-52(40-23-14-21-37(30-40)35-17-5-2-6-18-35)56-53(55-51)58-47-28-12-10-26-43(47)45-32-44-41-24-8-9-25-42(41)48-31-38-19-7-11-27-46(38)57(48)49(44)33-50(45)58/h1-33H. The number of fused-ring (bicyclic) bond motifs is 11. The highest BCUT2D eigenvalue weighted by atomic mass is 15.2. The van der Waals surface area contributed by atoms with Gasteiger partial charge in [-0.25, -0.2) is 4.98 Å². The number of benzene rings is 8. The lowest BCUT2D eigenvalue weighted by Gasteiger charge is -2.13. The largest absolute Gasteiger partial charge is 0.309 e. The maximum Gasteiger partial charge on any atom is 0.238 e. The average molecular weight is 740 g/mol. The Labute approximate surface area is 333 Å². The van der Waals surface area contributed by atoms with Crippen LogP contribution in [0.4, 0.5) is 0 Å². The van der Waals surface area contributed by atoms with Crippen molar-refractivity contribution in [3.05, 3.63) is 200 Å². The van der Waals surface area contributed by atoms with Crippen molar-refractivity contribution in [2.45, 2.75) is 0 Å². The van der Waals surface area contributed by atoms with Crippen molar-refractivity contribution in [3.8, 4) is 51.0 Å². The first kappa shape index (κ1) is 32.4. The first-order valence-corrected chi connectivity index (χ1v) is 19.6. The van der Waals surface area contributed by atoms with Gasteiger partial charge in [0.2, 0.25) is 5.95 Å². The fraction of sp³-hybridized carbons (Fsp3) is 0. The summed E-state index contributed by atoms with van der Waals surface area (Å²) in [5.41, 5.74) is 11.9. The molecule has 0 saturated carbocycles. The van der Waals surface area contributed by atoms with Gasteiger partial charge in [0.1, 0.15) is 0 Å². The lowest BCUT2D eigenvalue weighted by molar-refractivity contribution is 0.954. The molecule has 5 nitrogen and oxygen atoms in total. The van der Waals surface area contributed by atoms with Crippen molar-refractivity contribution in [1.82, 2.24) is 23.9 Å². The van der Waals surface area contributed by atoms with Gasteiger partial charge in [-0.15, -0.1) is 0 Å². The van der Waals surface area contributed by atoms with Crippen molar-refractivity contribution in [1.29, 1.82) is 0 Å². The van der Waals surface area contributed by atoms with Gasteiger partial charge in [0, 0.05) is 38.1 Å². The molecule has 0 fully saturated rings. The third-order valence-corrected chi connectivity index (χ3v) is 11.5. The second-order valence-corrected chi connectivity index (χ2v) is 14.9. The van der Waals surface area contributed by atoms with E-state index in [1.54, 1.807) is 0 Å². The first-order valence-electron chi connectivity index (χ1n) is 19.6. The molecule has 0 spiro atoms. The number of para-hydroxylation sites is 2. The molecule has 4 heterocycles. The van der Waals surface area contributed by atoms with E-state index in [1.165, 1.54) is 32.6 Å². The van der Waals surface area contributed by atoms with Crippen LogP contribution in [0, 0.1) is 0 Å². The van der Waals surface area contributed by atoms with Crippen LogP contribution in [0.5, 0.6) is 0 Å².